The summed E-state index contributed by atoms with van der Waals surface area (Å²) in [6.45, 7) is 10.8. The summed E-state index contributed by atoms with van der Waals surface area (Å²) in [5.41, 5.74) is 43.5. The molecule has 0 saturated heterocycles. The fourth-order valence-corrected chi connectivity index (χ4v) is 5.78. The first-order chi connectivity index (χ1) is 31.0. The second kappa shape index (κ2) is 30.8. The van der Waals surface area contributed by atoms with Gasteiger partial charge in [-0.15, -0.1) is 0 Å². The number of para-hydroxylation sites is 1. The number of aliphatic hydroxyl groups excluding tert-OH is 1. The molecule has 6 aromatic rings. The number of halogens is 1. The van der Waals surface area contributed by atoms with Crippen molar-refractivity contribution in [2.24, 2.45) is 34.4 Å². The van der Waals surface area contributed by atoms with Crippen molar-refractivity contribution in [2.75, 3.05) is 14.2 Å². The highest BCUT2D eigenvalue weighted by atomic mass is 35.5. The van der Waals surface area contributed by atoms with E-state index in [1.165, 1.54) is 42.5 Å². The second-order valence-electron chi connectivity index (χ2n) is 14.1. The van der Waals surface area contributed by atoms with Crippen LogP contribution in [0.5, 0.6) is 28.7 Å². The molecule has 0 aliphatic carbocycles. The number of hydrogen-bond donors (Lipinski definition) is 10. The molecule has 6 aromatic carbocycles. The monoisotopic (exact) mass is 915 g/mol. The van der Waals surface area contributed by atoms with Crippen molar-refractivity contribution in [1.29, 1.82) is 0 Å². The van der Waals surface area contributed by atoms with Crippen LogP contribution >= 0.6 is 11.6 Å². The normalized spacial score (nSPS) is 9.82. The lowest BCUT2D eigenvalue weighted by Crippen LogP contribution is -2.00. The van der Waals surface area contributed by atoms with Crippen molar-refractivity contribution in [2.45, 2.75) is 73.6 Å². The van der Waals surface area contributed by atoms with E-state index in [0.717, 1.165) is 38.9 Å². The molecule has 0 unspecified atom stereocenters. The maximum atomic E-state index is 10.5. The van der Waals surface area contributed by atoms with Crippen molar-refractivity contribution in [1.82, 2.24) is 0 Å². The Balaban J connectivity index is 0.000000392. The number of phenols is 3. The molecule has 16 N–H and O–H groups in total. The number of non-ortho nitro benzene ring substituents is 1. The first-order valence-corrected chi connectivity index (χ1v) is 20.7. The average Bonchev–Trinajstić information content (AvgIpc) is 3.32. The van der Waals surface area contributed by atoms with Gasteiger partial charge in [0.05, 0.1) is 31.8 Å². The van der Waals surface area contributed by atoms with E-state index in [1.807, 2.05) is 75.4 Å². The van der Waals surface area contributed by atoms with Crippen LogP contribution in [0.1, 0.15) is 61.2 Å². The quantitative estimate of drug-likeness (QED) is 0.0477. The van der Waals surface area contributed by atoms with Gasteiger partial charge in [-0.2, -0.15) is 0 Å². The number of methoxy groups -OCH3 is 2. The standard InChI is InChI=1S/C9H13NO.C8H10ClN.C8H10N2O4.C8H11NO2.C8H11NO.C8H11N/c1-7-2-3-8(6-11)4-9(7)5-10;1-6-2-3-8(9)4-7(6)5-10;1-14-7-3-6(10(12)13)2-5(4-9)8(7)11;1-11-7-4-2-3-6(5-9)8(7)10;1-6-2-3-8(10)4-7(6)5-9;1-7-4-2-3-5-8(7)6-9/h2-4,11H,5-6,10H2,1H3;2-4H,5,10H2,1H3;2-3,11H,4,9H2,1H3;2-4,10H,5,9H2,1H3;2-4,10H,5,9H2,1H3;2-5H,6,9H2,1H3. The number of phenolic OH excluding ortho intramolecular Hbond substituents is 3. The summed E-state index contributed by atoms with van der Waals surface area (Å²) < 4.78 is 9.65. The zero-order valence-corrected chi connectivity index (χ0v) is 38.8. The molecule has 0 saturated carbocycles. The van der Waals surface area contributed by atoms with Crippen LogP contribution in [0.15, 0.2) is 109 Å². The Kier molecular flexibility index (Phi) is 26.8. The van der Waals surface area contributed by atoms with E-state index in [-0.39, 0.29) is 47.4 Å². The number of nitro benzene ring substituents is 1. The van der Waals surface area contributed by atoms with Crippen molar-refractivity contribution in [3.8, 4) is 28.7 Å². The van der Waals surface area contributed by atoms with E-state index in [0.29, 0.717) is 44.0 Å². The van der Waals surface area contributed by atoms with Crippen LogP contribution in [0.4, 0.5) is 5.69 Å². The van der Waals surface area contributed by atoms with Crippen LogP contribution in [0.25, 0.3) is 0 Å². The molecule has 0 aliphatic rings. The van der Waals surface area contributed by atoms with Crippen molar-refractivity contribution in [3.63, 3.8) is 0 Å². The molecule has 0 heterocycles. The van der Waals surface area contributed by atoms with E-state index in [9.17, 15) is 20.3 Å². The van der Waals surface area contributed by atoms with Crippen LogP contribution in [0.3, 0.4) is 0 Å². The van der Waals surface area contributed by atoms with E-state index < -0.39 is 4.92 Å². The van der Waals surface area contributed by atoms with Gasteiger partial charge >= 0.3 is 0 Å². The third-order valence-electron chi connectivity index (χ3n) is 9.69. The number of rotatable bonds is 10. The highest BCUT2D eigenvalue weighted by molar-refractivity contribution is 6.30. The molecule has 0 atom stereocenters. The molecule has 65 heavy (non-hydrogen) atoms. The Morgan fingerprint density at radius 1 is 0.523 bits per heavy atom. The second-order valence-corrected chi connectivity index (χ2v) is 14.6. The van der Waals surface area contributed by atoms with Crippen LogP contribution in [-0.4, -0.2) is 39.6 Å². The van der Waals surface area contributed by atoms with Gasteiger partial charge in [0.25, 0.3) is 5.69 Å². The first kappa shape index (κ1) is 56.7. The third kappa shape index (κ3) is 19.6. The lowest BCUT2D eigenvalue weighted by atomic mass is 10.1. The molecule has 0 amide bonds. The maximum absolute atomic E-state index is 10.5. The van der Waals surface area contributed by atoms with Crippen molar-refractivity contribution < 1.29 is 34.8 Å². The summed E-state index contributed by atoms with van der Waals surface area (Å²) in [6.07, 6.45) is 0. The van der Waals surface area contributed by atoms with Crippen LogP contribution in [0, 0.1) is 37.8 Å². The third-order valence-corrected chi connectivity index (χ3v) is 9.93. The van der Waals surface area contributed by atoms with E-state index in [2.05, 4.69) is 19.1 Å². The van der Waals surface area contributed by atoms with E-state index in [4.69, 9.17) is 65.7 Å². The lowest BCUT2D eigenvalue weighted by Gasteiger charge is -2.06. The first-order valence-electron chi connectivity index (χ1n) is 20.4. The molecule has 16 heteroatoms. The molecule has 0 aromatic heterocycles. The Hall–Kier alpha value is -6.27. The molecular formula is C49H66ClN7O8. The van der Waals surface area contributed by atoms with Gasteiger partial charge in [0, 0.05) is 61.5 Å². The number of ether oxygens (including phenoxy) is 2. The fraction of sp³-hybridized carbons (Fsp3) is 0.265. The fourth-order valence-electron chi connectivity index (χ4n) is 5.58. The number of aryl methyl sites for hydroxylation is 4. The smallest absolute Gasteiger partial charge is 0.273 e. The highest BCUT2D eigenvalue weighted by Gasteiger charge is 2.15. The SMILES string of the molecule is COc1cc([N+](=O)[O-])cc(CN)c1O.COc1cccc(CN)c1O.Cc1ccc(CO)cc1CN.Cc1ccc(Cl)cc1CN.Cc1ccc(O)cc1CN.Cc1ccccc1CN. The van der Waals surface area contributed by atoms with Crippen LogP contribution in [-0.2, 0) is 45.9 Å². The van der Waals surface area contributed by atoms with Gasteiger partial charge in [0.1, 0.15) is 5.75 Å². The number of aliphatic hydroxyl groups is 1. The minimum atomic E-state index is -0.568. The molecular weight excluding hydrogens is 850 g/mol. The average molecular weight is 917 g/mol. The molecule has 15 nitrogen and oxygen atoms in total. The van der Waals surface area contributed by atoms with Crippen LogP contribution < -0.4 is 43.9 Å². The molecule has 352 valence electrons. The van der Waals surface area contributed by atoms with E-state index in [1.54, 1.807) is 30.3 Å². The Bertz CT molecular complexity index is 2260. The molecule has 6 rings (SSSR count). The van der Waals surface area contributed by atoms with Crippen molar-refractivity contribution in [3.05, 3.63) is 186 Å². The Morgan fingerprint density at radius 2 is 0.985 bits per heavy atom. The summed E-state index contributed by atoms with van der Waals surface area (Å²) in [5, 5.41) is 47.9. The molecule has 0 radical (unpaired) electrons. The van der Waals surface area contributed by atoms with Gasteiger partial charge < -0.3 is 64.3 Å². The van der Waals surface area contributed by atoms with Gasteiger partial charge in [-0.25, -0.2) is 0 Å². The lowest BCUT2D eigenvalue weighted by molar-refractivity contribution is -0.385. The summed E-state index contributed by atoms with van der Waals surface area (Å²) in [5.74, 6) is 0.789. The Morgan fingerprint density at radius 3 is 1.45 bits per heavy atom. The van der Waals surface area contributed by atoms with E-state index >= 15 is 0 Å². The minimum absolute atomic E-state index is 0.0177. The van der Waals surface area contributed by atoms with Crippen molar-refractivity contribution >= 4 is 17.3 Å². The highest BCUT2D eigenvalue weighted by Crippen LogP contribution is 2.34. The van der Waals surface area contributed by atoms with Gasteiger partial charge in [-0.1, -0.05) is 78.3 Å². The number of nitrogens with two attached hydrogens (primary N) is 6. The molecule has 0 aliphatic heterocycles. The maximum Gasteiger partial charge on any atom is 0.273 e. The minimum Gasteiger partial charge on any atom is -0.508 e. The van der Waals surface area contributed by atoms with Gasteiger partial charge in [0.15, 0.2) is 23.0 Å². The number of nitro groups is 1. The number of aromatic hydroxyl groups is 3. The van der Waals surface area contributed by atoms with Gasteiger partial charge in [-0.05, 0) is 108 Å². The summed E-state index contributed by atoms with van der Waals surface area (Å²) >= 11 is 5.74. The number of benzene rings is 6. The van der Waals surface area contributed by atoms with Gasteiger partial charge in [0.2, 0.25) is 0 Å². The van der Waals surface area contributed by atoms with Gasteiger partial charge in [-0.3, -0.25) is 10.1 Å². The zero-order chi connectivity index (χ0) is 49.1. The largest absolute Gasteiger partial charge is 0.508 e. The zero-order valence-electron chi connectivity index (χ0n) is 38.1. The topological polar surface area (TPSA) is 299 Å². The predicted molar refractivity (Wildman–Crippen MR) is 261 cm³/mol. The number of hydrogen-bond acceptors (Lipinski definition) is 14. The molecule has 0 fully saturated rings. The number of nitrogens with zero attached hydrogens (tertiary/aromatic N) is 1. The van der Waals surface area contributed by atoms with Crippen LogP contribution in [0.2, 0.25) is 5.02 Å². The summed E-state index contributed by atoms with van der Waals surface area (Å²) in [6, 6.07) is 32.6. The summed E-state index contributed by atoms with van der Waals surface area (Å²) in [4.78, 5) is 9.91. The molecule has 0 bridgehead atoms. The summed E-state index contributed by atoms with van der Waals surface area (Å²) in [7, 11) is 2.83. The molecule has 0 spiro atoms. The Labute approximate surface area is 387 Å². The predicted octanol–water partition coefficient (Wildman–Crippen LogP) is 7.29.